The Labute approximate surface area is 260 Å². The lowest BCUT2D eigenvalue weighted by Gasteiger charge is -2.31. The summed E-state index contributed by atoms with van der Waals surface area (Å²) in [5.41, 5.74) is 1.58. The van der Waals surface area contributed by atoms with Crippen LogP contribution in [0.1, 0.15) is 70.5 Å². The van der Waals surface area contributed by atoms with E-state index in [-0.39, 0.29) is 36.3 Å². The number of benzene rings is 2. The fraction of sp³-hybridized carbons (Fsp3) is 0.394. The number of H-pyrrole nitrogens is 1. The number of amides is 4. The first-order valence-electron chi connectivity index (χ1n) is 15.2. The normalized spacial score (nSPS) is 17.7. The lowest BCUT2D eigenvalue weighted by molar-refractivity contribution is -0.149. The van der Waals surface area contributed by atoms with Gasteiger partial charge in [-0.15, -0.1) is 0 Å². The number of aromatic nitrogens is 2. The first-order valence-corrected chi connectivity index (χ1v) is 15.2. The Morgan fingerprint density at radius 1 is 0.889 bits per heavy atom. The Hall–Kier alpha value is -4.84. The van der Waals surface area contributed by atoms with Gasteiger partial charge in [-0.3, -0.25) is 24.1 Å². The maximum Gasteiger partial charge on any atom is 0.334 e. The standard InChI is InChI=1S/C33H37N5O7/c39-28(33(44)45)25(15-20-9-3-1-4-10-20)36-29(40)26(17-22-18-34-19-35-22)37-30(41)27(16-21-11-5-2-6-12-21)38-31(42)23-13-7-8-14-24(23)32(38)43/h2,5-8,11-14,18-20,25-28,39H,1,3-4,9-10,15-17H2,(H,34,35)(H,36,40)(H,37,41)(H,44,45). The van der Waals surface area contributed by atoms with Gasteiger partial charge in [-0.2, -0.15) is 0 Å². The lowest BCUT2D eigenvalue weighted by atomic mass is 9.83. The van der Waals surface area contributed by atoms with E-state index in [1.807, 2.05) is 0 Å². The summed E-state index contributed by atoms with van der Waals surface area (Å²) in [5, 5.41) is 25.5. The van der Waals surface area contributed by atoms with Gasteiger partial charge in [0.1, 0.15) is 12.1 Å². The van der Waals surface area contributed by atoms with Crippen LogP contribution in [0.3, 0.4) is 0 Å². The maximum atomic E-state index is 14.1. The monoisotopic (exact) mass is 615 g/mol. The Balaban J connectivity index is 1.41. The predicted octanol–water partition coefficient (Wildman–Crippen LogP) is 2.25. The third kappa shape index (κ3) is 7.46. The van der Waals surface area contributed by atoms with E-state index in [2.05, 4.69) is 20.6 Å². The number of nitrogens with one attached hydrogen (secondary N) is 3. The average molecular weight is 616 g/mol. The number of carboxylic acids is 1. The fourth-order valence-corrected chi connectivity index (χ4v) is 6.23. The summed E-state index contributed by atoms with van der Waals surface area (Å²) in [4.78, 5) is 74.3. The van der Waals surface area contributed by atoms with Crippen molar-refractivity contribution in [2.75, 3.05) is 0 Å². The topological polar surface area (TPSA) is 182 Å². The highest BCUT2D eigenvalue weighted by Gasteiger charge is 2.43. The van der Waals surface area contributed by atoms with Crippen molar-refractivity contribution in [3.05, 3.63) is 89.5 Å². The first kappa shape index (κ1) is 31.6. The third-order valence-corrected chi connectivity index (χ3v) is 8.60. The number of imidazole rings is 1. The number of aliphatic hydroxyl groups is 1. The SMILES string of the molecule is O=C(NC(CC1CCCCC1)C(O)C(=O)O)C(Cc1cnc[nH]1)NC(=O)C(Cc1ccccc1)N1C(=O)c2ccccc2C1=O. The van der Waals surface area contributed by atoms with Crippen LogP contribution in [0.15, 0.2) is 67.1 Å². The summed E-state index contributed by atoms with van der Waals surface area (Å²) in [6, 6.07) is 11.6. The molecule has 12 nitrogen and oxygen atoms in total. The van der Waals surface area contributed by atoms with E-state index in [9.17, 15) is 34.2 Å². The Morgan fingerprint density at radius 2 is 1.53 bits per heavy atom. The van der Waals surface area contributed by atoms with Crippen molar-refractivity contribution in [3.63, 3.8) is 0 Å². The molecule has 12 heteroatoms. The number of carbonyl (C=O) groups excluding carboxylic acids is 4. The van der Waals surface area contributed by atoms with Crippen molar-refractivity contribution < 1.29 is 34.2 Å². The summed E-state index contributed by atoms with van der Waals surface area (Å²) in [6.45, 7) is 0. The molecule has 2 aromatic carbocycles. The number of imide groups is 1. The van der Waals surface area contributed by atoms with Gasteiger partial charge < -0.3 is 25.8 Å². The zero-order valence-corrected chi connectivity index (χ0v) is 24.7. The number of fused-ring (bicyclic) bond motifs is 1. The number of carboxylic acid groups (broad SMARTS) is 1. The minimum Gasteiger partial charge on any atom is -0.479 e. The number of nitrogens with zero attached hydrogens (tertiary/aromatic N) is 2. The summed E-state index contributed by atoms with van der Waals surface area (Å²) < 4.78 is 0. The molecule has 1 aliphatic heterocycles. The van der Waals surface area contributed by atoms with Gasteiger partial charge in [0.15, 0.2) is 6.10 Å². The number of hydrogen-bond donors (Lipinski definition) is 5. The van der Waals surface area contributed by atoms with E-state index in [1.54, 1.807) is 42.5 Å². The van der Waals surface area contributed by atoms with E-state index in [0.29, 0.717) is 11.3 Å². The molecule has 5 rings (SSSR count). The molecular weight excluding hydrogens is 578 g/mol. The van der Waals surface area contributed by atoms with Crippen LogP contribution in [0.5, 0.6) is 0 Å². The van der Waals surface area contributed by atoms with Crippen LogP contribution in [0.2, 0.25) is 0 Å². The van der Waals surface area contributed by atoms with Gasteiger partial charge in [0.05, 0.1) is 23.5 Å². The summed E-state index contributed by atoms with van der Waals surface area (Å²) in [5.74, 6) is -3.99. The van der Waals surface area contributed by atoms with Crippen molar-refractivity contribution in [2.24, 2.45) is 5.92 Å². The van der Waals surface area contributed by atoms with E-state index in [0.717, 1.165) is 37.0 Å². The quantitative estimate of drug-likeness (QED) is 0.182. The molecule has 45 heavy (non-hydrogen) atoms. The molecule has 2 heterocycles. The van der Waals surface area contributed by atoms with Gasteiger partial charge in [-0.1, -0.05) is 74.6 Å². The molecule has 4 atom stereocenters. The molecule has 0 bridgehead atoms. The highest BCUT2D eigenvalue weighted by molar-refractivity contribution is 6.23. The van der Waals surface area contributed by atoms with Gasteiger partial charge in [0.2, 0.25) is 11.8 Å². The van der Waals surface area contributed by atoms with Gasteiger partial charge >= 0.3 is 5.97 Å². The minimum absolute atomic E-state index is 0.00142. The Morgan fingerprint density at radius 3 is 2.13 bits per heavy atom. The molecule has 4 unspecified atom stereocenters. The molecule has 1 aromatic heterocycles. The summed E-state index contributed by atoms with van der Waals surface area (Å²) in [7, 11) is 0. The molecule has 5 N–H and O–H groups in total. The number of carbonyl (C=O) groups is 5. The molecule has 2 aliphatic rings. The van der Waals surface area contributed by atoms with E-state index in [1.165, 1.54) is 24.7 Å². The Kier molecular flexibility index (Phi) is 10.0. The van der Waals surface area contributed by atoms with Crippen molar-refractivity contribution in [2.45, 2.75) is 75.6 Å². The van der Waals surface area contributed by atoms with E-state index < -0.39 is 53.8 Å². The van der Waals surface area contributed by atoms with Gasteiger partial charge in [0, 0.05) is 24.7 Å². The van der Waals surface area contributed by atoms with Crippen LogP contribution in [0.25, 0.3) is 0 Å². The molecule has 236 valence electrons. The molecule has 1 saturated carbocycles. The summed E-state index contributed by atoms with van der Waals surface area (Å²) >= 11 is 0. The molecule has 3 aromatic rings. The van der Waals surface area contributed by atoms with Crippen LogP contribution in [0, 0.1) is 5.92 Å². The van der Waals surface area contributed by atoms with Gasteiger partial charge in [-0.25, -0.2) is 9.78 Å². The van der Waals surface area contributed by atoms with Gasteiger partial charge in [0.25, 0.3) is 11.8 Å². The van der Waals surface area contributed by atoms with E-state index >= 15 is 0 Å². The zero-order valence-electron chi connectivity index (χ0n) is 24.7. The van der Waals surface area contributed by atoms with Crippen LogP contribution >= 0.6 is 0 Å². The number of aliphatic carboxylic acids is 1. The highest BCUT2D eigenvalue weighted by Crippen LogP contribution is 2.29. The lowest BCUT2D eigenvalue weighted by Crippen LogP contribution is -2.58. The number of aliphatic hydroxyl groups excluding tert-OH is 1. The van der Waals surface area contributed by atoms with Crippen molar-refractivity contribution in [3.8, 4) is 0 Å². The Bertz CT molecular complexity index is 1490. The number of hydrogen-bond acceptors (Lipinski definition) is 7. The second-order valence-electron chi connectivity index (χ2n) is 11.7. The van der Waals surface area contributed by atoms with Crippen LogP contribution in [0.4, 0.5) is 0 Å². The van der Waals surface area contributed by atoms with E-state index in [4.69, 9.17) is 0 Å². The first-order chi connectivity index (χ1) is 21.7. The molecule has 4 amide bonds. The van der Waals surface area contributed by atoms with Crippen LogP contribution < -0.4 is 10.6 Å². The van der Waals surface area contributed by atoms with Gasteiger partial charge in [-0.05, 0) is 30.0 Å². The fourth-order valence-electron chi connectivity index (χ4n) is 6.23. The molecule has 1 fully saturated rings. The van der Waals surface area contributed by atoms with Crippen molar-refractivity contribution in [1.29, 1.82) is 0 Å². The van der Waals surface area contributed by atoms with Crippen molar-refractivity contribution >= 4 is 29.6 Å². The average Bonchev–Trinajstić information content (AvgIpc) is 3.65. The maximum absolute atomic E-state index is 14.1. The summed E-state index contributed by atoms with van der Waals surface area (Å²) in [6.07, 6.45) is 6.11. The molecule has 0 spiro atoms. The molecule has 0 radical (unpaired) electrons. The molecule has 0 saturated heterocycles. The number of aromatic amines is 1. The number of rotatable bonds is 13. The highest BCUT2D eigenvalue weighted by atomic mass is 16.4. The molecule has 1 aliphatic carbocycles. The minimum atomic E-state index is -1.84. The van der Waals surface area contributed by atoms with Crippen molar-refractivity contribution in [1.82, 2.24) is 25.5 Å². The van der Waals surface area contributed by atoms with Crippen LogP contribution in [-0.2, 0) is 27.2 Å². The zero-order chi connectivity index (χ0) is 31.9. The smallest absolute Gasteiger partial charge is 0.334 e. The third-order valence-electron chi connectivity index (χ3n) is 8.60. The second-order valence-corrected chi connectivity index (χ2v) is 11.7. The van der Waals surface area contributed by atoms with Crippen LogP contribution in [-0.4, -0.2) is 78.9 Å². The second kappa shape index (κ2) is 14.3. The largest absolute Gasteiger partial charge is 0.479 e. The molecular formula is C33H37N5O7. The predicted molar refractivity (Wildman–Crippen MR) is 162 cm³/mol.